The quantitative estimate of drug-likeness (QED) is 0.718. The molecule has 2 aliphatic rings. The fourth-order valence-corrected chi connectivity index (χ4v) is 3.41. The molecule has 0 saturated carbocycles. The molecule has 0 N–H and O–H groups in total. The Bertz CT molecular complexity index is 723. The molecule has 94 valence electrons. The Kier molecular flexibility index (Phi) is 2.69. The summed E-state index contributed by atoms with van der Waals surface area (Å²) in [6.07, 6.45) is 1.53. The summed E-state index contributed by atoms with van der Waals surface area (Å²) in [5, 5.41) is 0.670. The van der Waals surface area contributed by atoms with Crippen LogP contribution in [-0.4, -0.2) is 10.7 Å². The normalized spacial score (nSPS) is 25.1. The molecular weight excluding hydrogens is 268 g/mol. The Labute approximate surface area is 113 Å². The van der Waals surface area contributed by atoms with E-state index in [-0.39, 0.29) is 16.1 Å². The third-order valence-electron chi connectivity index (χ3n) is 3.50. The van der Waals surface area contributed by atoms with Crippen LogP contribution in [0.15, 0.2) is 14.8 Å². The summed E-state index contributed by atoms with van der Waals surface area (Å²) < 4.78 is 6.48. The third kappa shape index (κ3) is 1.75. The fourth-order valence-electron chi connectivity index (χ4n) is 2.16. The van der Waals surface area contributed by atoms with E-state index in [9.17, 15) is 4.79 Å². The van der Waals surface area contributed by atoms with Gasteiger partial charge in [0.2, 0.25) is 10.5 Å². The maximum atomic E-state index is 12.4. The largest absolute Gasteiger partial charge is 0.369 e. The van der Waals surface area contributed by atoms with Gasteiger partial charge in [0.1, 0.15) is 10.0 Å². The van der Waals surface area contributed by atoms with Crippen LogP contribution in [0.3, 0.4) is 0 Å². The first kappa shape index (κ1) is 12.1. The van der Waals surface area contributed by atoms with Crippen LogP contribution < -0.4 is 15.5 Å². The zero-order valence-electron chi connectivity index (χ0n) is 10.1. The molecule has 3 heterocycles. The lowest BCUT2D eigenvalue weighted by molar-refractivity contribution is -0.0551. The van der Waals surface area contributed by atoms with Crippen LogP contribution in [0.25, 0.3) is 0 Å². The molecule has 0 amide bonds. The van der Waals surface area contributed by atoms with Crippen molar-refractivity contribution in [2.24, 2.45) is 9.98 Å². The van der Waals surface area contributed by atoms with Gasteiger partial charge in [0.05, 0.1) is 12.2 Å². The molecule has 4 nitrogen and oxygen atoms in total. The Morgan fingerprint density at radius 1 is 1.50 bits per heavy atom. The molecule has 1 aromatic heterocycles. The molecule has 3 rings (SSSR count). The Morgan fingerprint density at radius 2 is 2.28 bits per heavy atom. The van der Waals surface area contributed by atoms with Gasteiger partial charge in [-0.3, -0.25) is 4.79 Å². The number of rotatable bonds is 1. The summed E-state index contributed by atoms with van der Waals surface area (Å²) in [7, 11) is 0. The molecule has 0 aromatic carbocycles. The second-order valence-electron chi connectivity index (χ2n) is 4.76. The van der Waals surface area contributed by atoms with Crippen LogP contribution in [0.5, 0.6) is 0 Å². The minimum atomic E-state index is -0.247. The summed E-state index contributed by atoms with van der Waals surface area (Å²) in [5.41, 5.74) is 0.562. The first-order chi connectivity index (χ1) is 8.52. The average Bonchev–Trinajstić information content (AvgIpc) is 2.72. The number of fused-ring (bicyclic) bond motifs is 2. The van der Waals surface area contributed by atoms with E-state index in [1.54, 1.807) is 0 Å². The van der Waals surface area contributed by atoms with Gasteiger partial charge in [0, 0.05) is 16.9 Å². The van der Waals surface area contributed by atoms with Crippen molar-refractivity contribution in [1.82, 2.24) is 0 Å². The van der Waals surface area contributed by atoms with Gasteiger partial charge in [-0.1, -0.05) is 6.92 Å². The fraction of sp³-hybridized carbons (Fsp3) is 0.500. The Hall–Kier alpha value is -0.980. The van der Waals surface area contributed by atoms with Crippen LogP contribution in [0.1, 0.15) is 30.7 Å². The smallest absolute Gasteiger partial charge is 0.221 e. The van der Waals surface area contributed by atoms with E-state index in [2.05, 4.69) is 16.9 Å². The summed E-state index contributed by atoms with van der Waals surface area (Å²) in [6, 6.07) is 0. The van der Waals surface area contributed by atoms with Gasteiger partial charge in [-0.2, -0.15) is 0 Å². The lowest BCUT2D eigenvalue weighted by Gasteiger charge is -2.33. The van der Waals surface area contributed by atoms with Crippen molar-refractivity contribution in [3.05, 3.63) is 30.7 Å². The standard InChI is InChI=1S/C12H12N2O2S2/c1-3-12(2)4-6-7(5-16-12)18-10-8(9(6)15)13-11(17)14-10/h3-5H2,1-2H3. The van der Waals surface area contributed by atoms with Gasteiger partial charge < -0.3 is 4.74 Å². The molecular formula is C12H12N2O2S2. The molecule has 0 saturated heterocycles. The second-order valence-corrected chi connectivity index (χ2v) is 6.21. The summed E-state index contributed by atoms with van der Waals surface area (Å²) in [4.78, 5) is 21.5. The molecule has 0 spiro atoms. The van der Waals surface area contributed by atoms with E-state index >= 15 is 0 Å². The monoisotopic (exact) mass is 280 g/mol. The second kappa shape index (κ2) is 4.01. The van der Waals surface area contributed by atoms with Crippen LogP contribution in [-0.2, 0) is 17.8 Å². The van der Waals surface area contributed by atoms with Crippen molar-refractivity contribution in [2.75, 3.05) is 0 Å². The van der Waals surface area contributed by atoms with E-state index in [0.717, 1.165) is 16.9 Å². The number of thiocarbonyl (C=S) groups is 1. The molecule has 6 heteroatoms. The van der Waals surface area contributed by atoms with Crippen LogP contribution >= 0.6 is 23.6 Å². The molecule has 0 radical (unpaired) electrons. The predicted octanol–water partition coefficient (Wildman–Crippen LogP) is 0.887. The molecule has 2 aliphatic heterocycles. The highest BCUT2D eigenvalue weighted by Crippen LogP contribution is 2.29. The maximum Gasteiger partial charge on any atom is 0.221 e. The molecule has 0 aliphatic carbocycles. The van der Waals surface area contributed by atoms with Gasteiger partial charge in [-0.15, -0.1) is 11.3 Å². The van der Waals surface area contributed by atoms with E-state index < -0.39 is 0 Å². The van der Waals surface area contributed by atoms with Crippen molar-refractivity contribution in [1.29, 1.82) is 0 Å². The average molecular weight is 280 g/mol. The summed E-state index contributed by atoms with van der Waals surface area (Å²) in [5.74, 6) is 0. The highest BCUT2D eigenvalue weighted by molar-refractivity contribution is 7.80. The molecule has 1 atom stereocenters. The minimum Gasteiger partial charge on any atom is -0.369 e. The number of nitrogens with zero attached hydrogens (tertiary/aromatic N) is 2. The Morgan fingerprint density at radius 3 is 3.00 bits per heavy atom. The molecule has 18 heavy (non-hydrogen) atoms. The molecule has 1 unspecified atom stereocenters. The van der Waals surface area contributed by atoms with Gasteiger partial charge in [0.25, 0.3) is 0 Å². The van der Waals surface area contributed by atoms with Crippen molar-refractivity contribution in [2.45, 2.75) is 38.9 Å². The number of hydrogen-bond donors (Lipinski definition) is 0. The predicted molar refractivity (Wildman–Crippen MR) is 72.7 cm³/mol. The highest BCUT2D eigenvalue weighted by Gasteiger charge is 2.32. The van der Waals surface area contributed by atoms with Gasteiger partial charge in [0.15, 0.2) is 0 Å². The minimum absolute atomic E-state index is 0.0228. The van der Waals surface area contributed by atoms with E-state index in [1.165, 1.54) is 11.3 Å². The van der Waals surface area contributed by atoms with Crippen molar-refractivity contribution in [3.63, 3.8) is 0 Å². The SMILES string of the molecule is CCC1(C)Cc2c(sc3c(c2=O)=NC(=S)N=3)CO1. The first-order valence-corrected chi connectivity index (χ1v) is 7.05. The van der Waals surface area contributed by atoms with Crippen LogP contribution in [0.4, 0.5) is 0 Å². The van der Waals surface area contributed by atoms with E-state index in [0.29, 0.717) is 23.1 Å². The van der Waals surface area contributed by atoms with Gasteiger partial charge in [-0.25, -0.2) is 9.98 Å². The zero-order chi connectivity index (χ0) is 12.9. The van der Waals surface area contributed by atoms with E-state index in [1.807, 2.05) is 6.92 Å². The molecule has 0 fully saturated rings. The first-order valence-electron chi connectivity index (χ1n) is 5.83. The topological polar surface area (TPSA) is 51.0 Å². The van der Waals surface area contributed by atoms with Crippen LogP contribution in [0, 0.1) is 0 Å². The number of ether oxygens (including phenoxy) is 1. The lowest BCUT2D eigenvalue weighted by atomic mass is 9.91. The van der Waals surface area contributed by atoms with Crippen molar-refractivity contribution < 1.29 is 4.74 Å². The Balaban J connectivity index is 2.25. The van der Waals surface area contributed by atoms with Gasteiger partial charge in [-0.05, 0) is 25.6 Å². The zero-order valence-corrected chi connectivity index (χ0v) is 11.8. The van der Waals surface area contributed by atoms with Crippen molar-refractivity contribution in [3.8, 4) is 0 Å². The lowest BCUT2D eigenvalue weighted by Crippen LogP contribution is -2.44. The third-order valence-corrected chi connectivity index (χ3v) is 4.77. The summed E-state index contributed by atoms with van der Waals surface area (Å²) in [6.45, 7) is 4.59. The molecule has 0 bridgehead atoms. The van der Waals surface area contributed by atoms with Gasteiger partial charge >= 0.3 is 0 Å². The van der Waals surface area contributed by atoms with Crippen LogP contribution in [0.2, 0.25) is 0 Å². The summed E-state index contributed by atoms with van der Waals surface area (Å²) >= 11 is 6.40. The van der Waals surface area contributed by atoms with Crippen molar-refractivity contribution >= 4 is 28.7 Å². The number of hydrogen-bond acceptors (Lipinski definition) is 4. The highest BCUT2D eigenvalue weighted by atomic mass is 32.1. The van der Waals surface area contributed by atoms with E-state index in [4.69, 9.17) is 17.0 Å². The maximum absolute atomic E-state index is 12.4. The molecule has 1 aromatic rings.